The normalized spacial score (nSPS) is 10.8. The summed E-state index contributed by atoms with van der Waals surface area (Å²) in [4.78, 5) is 0. The molecule has 0 aromatic heterocycles. The predicted molar refractivity (Wildman–Crippen MR) is 80.5 cm³/mol. The molecule has 0 aliphatic carbocycles. The molecule has 0 atom stereocenters. The van der Waals surface area contributed by atoms with Crippen LogP contribution in [0.2, 0.25) is 0 Å². The number of benzene rings is 3. The first-order chi connectivity index (χ1) is 10.2. The van der Waals surface area contributed by atoms with Crippen LogP contribution in [0.15, 0.2) is 54.6 Å². The standard InChI is InChI=1S/C18H14F2O/c1-2-21-16-11-10-15(17(19)18(16)20)14-9-5-7-12-6-3-4-8-13(12)14/h3-11H,2H2,1H3. The van der Waals surface area contributed by atoms with Gasteiger partial charge in [-0.2, -0.15) is 4.39 Å². The fraction of sp³-hybridized carbons (Fsp3) is 0.111. The molecule has 0 spiro atoms. The number of hydrogen-bond donors (Lipinski definition) is 0. The molecule has 0 amide bonds. The lowest BCUT2D eigenvalue weighted by molar-refractivity contribution is 0.314. The molecule has 0 heterocycles. The summed E-state index contributed by atoms with van der Waals surface area (Å²) in [6.07, 6.45) is 0. The van der Waals surface area contributed by atoms with E-state index in [1.54, 1.807) is 19.1 Å². The molecule has 3 rings (SSSR count). The van der Waals surface area contributed by atoms with Gasteiger partial charge in [-0.25, -0.2) is 4.39 Å². The Labute approximate surface area is 121 Å². The van der Waals surface area contributed by atoms with Crippen LogP contribution in [0.25, 0.3) is 21.9 Å². The largest absolute Gasteiger partial charge is 0.491 e. The molecule has 0 saturated carbocycles. The van der Waals surface area contributed by atoms with Crippen molar-refractivity contribution in [3.8, 4) is 16.9 Å². The van der Waals surface area contributed by atoms with Crippen LogP contribution in [0, 0.1) is 11.6 Å². The number of halogens is 2. The zero-order valence-electron chi connectivity index (χ0n) is 11.6. The van der Waals surface area contributed by atoms with Crippen LogP contribution >= 0.6 is 0 Å². The first-order valence-electron chi connectivity index (χ1n) is 6.81. The summed E-state index contributed by atoms with van der Waals surface area (Å²) in [6.45, 7) is 2.03. The Morgan fingerprint density at radius 2 is 1.57 bits per heavy atom. The maximum Gasteiger partial charge on any atom is 0.201 e. The lowest BCUT2D eigenvalue weighted by Gasteiger charge is -2.11. The first kappa shape index (κ1) is 13.6. The molecular formula is C18H14F2O. The molecular weight excluding hydrogens is 270 g/mol. The summed E-state index contributed by atoms with van der Waals surface area (Å²) in [7, 11) is 0. The summed E-state index contributed by atoms with van der Waals surface area (Å²) in [5.74, 6) is -1.88. The van der Waals surface area contributed by atoms with Crippen molar-refractivity contribution in [3.63, 3.8) is 0 Å². The molecule has 0 unspecified atom stereocenters. The molecule has 0 aliphatic heterocycles. The van der Waals surface area contributed by atoms with Gasteiger partial charge in [0.2, 0.25) is 5.82 Å². The average molecular weight is 284 g/mol. The predicted octanol–water partition coefficient (Wildman–Crippen LogP) is 5.18. The van der Waals surface area contributed by atoms with Gasteiger partial charge in [0.15, 0.2) is 11.6 Å². The van der Waals surface area contributed by atoms with E-state index in [1.807, 2.05) is 36.4 Å². The Bertz CT molecular complexity index is 791. The molecule has 0 saturated heterocycles. The number of rotatable bonds is 3. The van der Waals surface area contributed by atoms with Gasteiger partial charge >= 0.3 is 0 Å². The van der Waals surface area contributed by atoms with Gasteiger partial charge in [-0.1, -0.05) is 42.5 Å². The molecule has 0 fully saturated rings. The molecule has 3 heteroatoms. The van der Waals surface area contributed by atoms with Gasteiger partial charge in [0.25, 0.3) is 0 Å². The van der Waals surface area contributed by atoms with Gasteiger partial charge in [0.05, 0.1) is 6.61 Å². The first-order valence-corrected chi connectivity index (χ1v) is 6.81. The summed E-state index contributed by atoms with van der Waals surface area (Å²) >= 11 is 0. The molecule has 1 nitrogen and oxygen atoms in total. The molecule has 106 valence electrons. The topological polar surface area (TPSA) is 9.23 Å². The van der Waals surface area contributed by atoms with Crippen molar-refractivity contribution >= 4 is 10.8 Å². The van der Waals surface area contributed by atoms with E-state index < -0.39 is 11.6 Å². The van der Waals surface area contributed by atoms with Crippen LogP contribution in [-0.2, 0) is 0 Å². The lowest BCUT2D eigenvalue weighted by atomic mass is 9.97. The number of hydrogen-bond acceptors (Lipinski definition) is 1. The van der Waals surface area contributed by atoms with E-state index in [0.717, 1.165) is 10.8 Å². The van der Waals surface area contributed by atoms with Crippen LogP contribution < -0.4 is 4.74 Å². The van der Waals surface area contributed by atoms with Crippen molar-refractivity contribution in [2.24, 2.45) is 0 Å². The maximum atomic E-state index is 14.3. The second kappa shape index (κ2) is 5.52. The minimum absolute atomic E-state index is 0.0565. The van der Waals surface area contributed by atoms with Gasteiger partial charge in [-0.3, -0.25) is 0 Å². The zero-order chi connectivity index (χ0) is 14.8. The van der Waals surface area contributed by atoms with E-state index >= 15 is 0 Å². The smallest absolute Gasteiger partial charge is 0.201 e. The molecule has 3 aromatic carbocycles. The number of fused-ring (bicyclic) bond motifs is 1. The maximum absolute atomic E-state index is 14.3. The fourth-order valence-electron chi connectivity index (χ4n) is 2.47. The Balaban J connectivity index is 2.22. The molecule has 0 aliphatic rings. The summed E-state index contributed by atoms with van der Waals surface area (Å²) in [5.41, 5.74) is 0.917. The van der Waals surface area contributed by atoms with E-state index in [4.69, 9.17) is 4.74 Å². The molecule has 0 radical (unpaired) electrons. The Hall–Kier alpha value is -2.42. The van der Waals surface area contributed by atoms with Crippen molar-refractivity contribution in [1.29, 1.82) is 0 Å². The molecule has 21 heavy (non-hydrogen) atoms. The second-order valence-electron chi connectivity index (χ2n) is 4.70. The van der Waals surface area contributed by atoms with E-state index in [-0.39, 0.29) is 11.3 Å². The van der Waals surface area contributed by atoms with Crippen molar-refractivity contribution in [2.45, 2.75) is 6.92 Å². The van der Waals surface area contributed by atoms with Crippen LogP contribution in [0.1, 0.15) is 6.92 Å². The minimum atomic E-state index is -0.942. The van der Waals surface area contributed by atoms with Gasteiger partial charge in [-0.05, 0) is 35.4 Å². The van der Waals surface area contributed by atoms with Crippen molar-refractivity contribution in [2.75, 3.05) is 6.61 Å². The van der Waals surface area contributed by atoms with Crippen molar-refractivity contribution in [1.82, 2.24) is 0 Å². The van der Waals surface area contributed by atoms with Gasteiger partial charge in [0.1, 0.15) is 0 Å². The highest BCUT2D eigenvalue weighted by molar-refractivity contribution is 5.96. The zero-order valence-corrected chi connectivity index (χ0v) is 11.6. The highest BCUT2D eigenvalue weighted by atomic mass is 19.2. The van der Waals surface area contributed by atoms with E-state index in [1.165, 1.54) is 6.07 Å². The highest BCUT2D eigenvalue weighted by Crippen LogP contribution is 2.34. The molecule has 0 bridgehead atoms. The van der Waals surface area contributed by atoms with E-state index in [9.17, 15) is 8.78 Å². The summed E-state index contributed by atoms with van der Waals surface area (Å²) in [5, 5.41) is 1.88. The monoisotopic (exact) mass is 284 g/mol. The van der Waals surface area contributed by atoms with E-state index in [2.05, 4.69) is 0 Å². The molecule has 0 N–H and O–H groups in total. The molecule has 3 aromatic rings. The van der Waals surface area contributed by atoms with Crippen molar-refractivity contribution < 1.29 is 13.5 Å². The summed E-state index contributed by atoms with van der Waals surface area (Å²) < 4.78 is 33.5. The lowest BCUT2D eigenvalue weighted by Crippen LogP contribution is -1.98. The second-order valence-corrected chi connectivity index (χ2v) is 4.70. The number of ether oxygens (including phenoxy) is 1. The average Bonchev–Trinajstić information content (AvgIpc) is 2.52. The summed E-state index contributed by atoms with van der Waals surface area (Å²) in [6, 6.07) is 16.3. The third-order valence-corrected chi connectivity index (χ3v) is 3.43. The Morgan fingerprint density at radius 1 is 0.810 bits per heavy atom. The quantitative estimate of drug-likeness (QED) is 0.643. The van der Waals surface area contributed by atoms with Gasteiger partial charge in [-0.15, -0.1) is 0 Å². The van der Waals surface area contributed by atoms with Gasteiger partial charge in [0, 0.05) is 5.56 Å². The highest BCUT2D eigenvalue weighted by Gasteiger charge is 2.16. The van der Waals surface area contributed by atoms with Gasteiger partial charge < -0.3 is 4.74 Å². The Morgan fingerprint density at radius 3 is 2.38 bits per heavy atom. The fourth-order valence-corrected chi connectivity index (χ4v) is 2.47. The minimum Gasteiger partial charge on any atom is -0.491 e. The van der Waals surface area contributed by atoms with Crippen LogP contribution in [-0.4, -0.2) is 6.61 Å². The third-order valence-electron chi connectivity index (χ3n) is 3.43. The van der Waals surface area contributed by atoms with Crippen molar-refractivity contribution in [3.05, 3.63) is 66.2 Å². The SMILES string of the molecule is CCOc1ccc(-c2cccc3ccccc23)c(F)c1F. The van der Waals surface area contributed by atoms with Crippen LogP contribution in [0.5, 0.6) is 5.75 Å². The van der Waals surface area contributed by atoms with Crippen LogP contribution in [0.4, 0.5) is 8.78 Å². The Kier molecular flexibility index (Phi) is 3.57. The third kappa shape index (κ3) is 2.35. The van der Waals surface area contributed by atoms with E-state index in [0.29, 0.717) is 12.2 Å². The van der Waals surface area contributed by atoms with Crippen LogP contribution in [0.3, 0.4) is 0 Å².